The van der Waals surface area contributed by atoms with Crippen LogP contribution in [0.2, 0.25) is 0 Å². The van der Waals surface area contributed by atoms with Gasteiger partial charge in [0.15, 0.2) is 0 Å². The highest BCUT2D eigenvalue weighted by Gasteiger charge is 2.16. The summed E-state index contributed by atoms with van der Waals surface area (Å²) in [5.74, 6) is 0. The smallest absolute Gasteiger partial charge is 0.407 e. The lowest BCUT2D eigenvalue weighted by Crippen LogP contribution is -2.33. The topological polar surface area (TPSA) is 43.3 Å². The number of aryl methyl sites for hydroxylation is 3. The summed E-state index contributed by atoms with van der Waals surface area (Å²) < 4.78 is 7.67. The Morgan fingerprint density at radius 3 is 2.54 bits per heavy atom. The molecule has 0 spiro atoms. The standard InChI is InChI=1S/C22H28N2O2/c1-15-11-12-18-17-9-6-7-10-19(17)24(20(18)16(15)2)14-8-13-23-21(25)26-22(3,4)5/h6-7,9-12H,8,13-14H2,1-5H3,(H,23,25). The van der Waals surface area contributed by atoms with Crippen molar-refractivity contribution in [1.29, 1.82) is 0 Å². The van der Waals surface area contributed by atoms with Crippen LogP contribution in [-0.4, -0.2) is 22.8 Å². The van der Waals surface area contributed by atoms with E-state index in [1.807, 2.05) is 20.8 Å². The number of fused-ring (bicyclic) bond motifs is 3. The Labute approximate surface area is 155 Å². The van der Waals surface area contributed by atoms with Gasteiger partial charge < -0.3 is 14.6 Å². The average Bonchev–Trinajstić information content (AvgIpc) is 2.88. The zero-order valence-corrected chi connectivity index (χ0v) is 16.3. The maximum Gasteiger partial charge on any atom is 0.407 e. The van der Waals surface area contributed by atoms with E-state index in [0.29, 0.717) is 6.54 Å². The summed E-state index contributed by atoms with van der Waals surface area (Å²) in [5.41, 5.74) is 4.69. The highest BCUT2D eigenvalue weighted by atomic mass is 16.6. The molecule has 0 saturated carbocycles. The summed E-state index contributed by atoms with van der Waals surface area (Å²) in [7, 11) is 0. The lowest BCUT2D eigenvalue weighted by atomic mass is 10.1. The molecule has 2 aromatic carbocycles. The summed E-state index contributed by atoms with van der Waals surface area (Å²) in [4.78, 5) is 11.8. The van der Waals surface area contributed by atoms with Crippen molar-refractivity contribution >= 4 is 27.9 Å². The first-order valence-electron chi connectivity index (χ1n) is 9.22. The van der Waals surface area contributed by atoms with Crippen molar-refractivity contribution in [2.75, 3.05) is 6.54 Å². The molecule has 3 aromatic rings. The summed E-state index contributed by atoms with van der Waals surface area (Å²) in [6.45, 7) is 11.4. The highest BCUT2D eigenvalue weighted by molar-refractivity contribution is 6.09. The maximum atomic E-state index is 11.8. The monoisotopic (exact) mass is 352 g/mol. The van der Waals surface area contributed by atoms with E-state index in [2.05, 4.69) is 60.1 Å². The van der Waals surface area contributed by atoms with E-state index in [0.717, 1.165) is 13.0 Å². The fourth-order valence-electron chi connectivity index (χ4n) is 3.40. The van der Waals surface area contributed by atoms with Crippen molar-refractivity contribution in [3.63, 3.8) is 0 Å². The third-order valence-corrected chi connectivity index (χ3v) is 4.68. The molecule has 4 nitrogen and oxygen atoms in total. The molecule has 0 aliphatic carbocycles. The second kappa shape index (κ2) is 7.02. The lowest BCUT2D eigenvalue weighted by Gasteiger charge is -2.19. The van der Waals surface area contributed by atoms with Gasteiger partial charge in [-0.2, -0.15) is 0 Å². The van der Waals surface area contributed by atoms with Crippen LogP contribution in [-0.2, 0) is 11.3 Å². The van der Waals surface area contributed by atoms with Crippen molar-refractivity contribution < 1.29 is 9.53 Å². The Morgan fingerprint density at radius 1 is 1.08 bits per heavy atom. The molecule has 0 unspecified atom stereocenters. The van der Waals surface area contributed by atoms with Crippen molar-refractivity contribution in [2.45, 2.75) is 53.2 Å². The molecule has 1 N–H and O–H groups in total. The SMILES string of the molecule is Cc1ccc2c3ccccc3n(CCCNC(=O)OC(C)(C)C)c2c1C. The molecule has 0 saturated heterocycles. The number of nitrogens with zero attached hydrogens (tertiary/aromatic N) is 1. The number of ether oxygens (including phenoxy) is 1. The predicted octanol–water partition coefficient (Wildman–Crippen LogP) is 5.33. The number of hydrogen-bond donors (Lipinski definition) is 1. The second-order valence-electron chi connectivity index (χ2n) is 7.85. The molecule has 1 amide bonds. The van der Waals surface area contributed by atoms with Crippen LogP contribution in [0.3, 0.4) is 0 Å². The van der Waals surface area contributed by atoms with E-state index in [-0.39, 0.29) is 6.09 Å². The van der Waals surface area contributed by atoms with E-state index < -0.39 is 5.60 Å². The van der Waals surface area contributed by atoms with E-state index in [1.54, 1.807) is 0 Å². The van der Waals surface area contributed by atoms with Crippen LogP contribution < -0.4 is 5.32 Å². The van der Waals surface area contributed by atoms with Crippen LogP contribution in [0, 0.1) is 13.8 Å². The van der Waals surface area contributed by atoms with Gasteiger partial charge in [0, 0.05) is 29.4 Å². The lowest BCUT2D eigenvalue weighted by molar-refractivity contribution is 0.0527. The van der Waals surface area contributed by atoms with Gasteiger partial charge in [-0.3, -0.25) is 0 Å². The first kappa shape index (κ1) is 18.3. The Kier molecular flexibility index (Phi) is 4.94. The number of alkyl carbamates (subject to hydrolysis) is 1. The summed E-state index contributed by atoms with van der Waals surface area (Å²) >= 11 is 0. The van der Waals surface area contributed by atoms with Gasteiger partial charge in [-0.05, 0) is 58.2 Å². The number of aromatic nitrogens is 1. The fraction of sp³-hybridized carbons (Fsp3) is 0.409. The number of amides is 1. The molecule has 26 heavy (non-hydrogen) atoms. The molecule has 0 atom stereocenters. The zero-order valence-electron chi connectivity index (χ0n) is 16.3. The van der Waals surface area contributed by atoms with E-state index >= 15 is 0 Å². The van der Waals surface area contributed by atoms with Crippen LogP contribution >= 0.6 is 0 Å². The van der Waals surface area contributed by atoms with Gasteiger partial charge in [-0.15, -0.1) is 0 Å². The van der Waals surface area contributed by atoms with Crippen molar-refractivity contribution in [2.24, 2.45) is 0 Å². The minimum Gasteiger partial charge on any atom is -0.444 e. The number of para-hydroxylation sites is 1. The molecule has 0 aliphatic heterocycles. The molecule has 0 fully saturated rings. The molecule has 138 valence electrons. The van der Waals surface area contributed by atoms with Gasteiger partial charge in [-0.1, -0.05) is 30.3 Å². The largest absolute Gasteiger partial charge is 0.444 e. The third-order valence-electron chi connectivity index (χ3n) is 4.68. The highest BCUT2D eigenvalue weighted by Crippen LogP contribution is 2.32. The fourth-order valence-corrected chi connectivity index (χ4v) is 3.40. The van der Waals surface area contributed by atoms with Crippen molar-refractivity contribution in [3.8, 4) is 0 Å². The van der Waals surface area contributed by atoms with Crippen LogP contribution in [0.4, 0.5) is 4.79 Å². The average molecular weight is 352 g/mol. The van der Waals surface area contributed by atoms with Crippen molar-refractivity contribution in [3.05, 3.63) is 47.5 Å². The quantitative estimate of drug-likeness (QED) is 0.645. The molecular weight excluding hydrogens is 324 g/mol. The maximum absolute atomic E-state index is 11.8. The Morgan fingerprint density at radius 2 is 1.81 bits per heavy atom. The summed E-state index contributed by atoms with van der Waals surface area (Å²) in [6, 6.07) is 12.9. The van der Waals surface area contributed by atoms with Crippen LogP contribution in [0.15, 0.2) is 36.4 Å². The van der Waals surface area contributed by atoms with Gasteiger partial charge in [0.25, 0.3) is 0 Å². The molecule has 0 aliphatic rings. The Balaban J connectivity index is 1.81. The van der Waals surface area contributed by atoms with Crippen molar-refractivity contribution in [1.82, 2.24) is 9.88 Å². The minimum absolute atomic E-state index is 0.355. The normalized spacial score (nSPS) is 11.9. The van der Waals surface area contributed by atoms with Gasteiger partial charge >= 0.3 is 6.09 Å². The van der Waals surface area contributed by atoms with Gasteiger partial charge in [0.05, 0.1) is 5.52 Å². The zero-order chi connectivity index (χ0) is 18.9. The van der Waals surface area contributed by atoms with Gasteiger partial charge in [0.2, 0.25) is 0 Å². The molecule has 1 heterocycles. The Hall–Kier alpha value is -2.49. The number of rotatable bonds is 4. The summed E-state index contributed by atoms with van der Waals surface area (Å²) in [5, 5.41) is 5.43. The van der Waals surface area contributed by atoms with Crippen LogP contribution in [0.1, 0.15) is 38.3 Å². The number of carbonyl (C=O) groups is 1. The molecular formula is C22H28N2O2. The molecule has 1 aromatic heterocycles. The third kappa shape index (κ3) is 3.69. The molecule has 0 bridgehead atoms. The first-order valence-corrected chi connectivity index (χ1v) is 9.22. The van der Waals surface area contributed by atoms with Crippen LogP contribution in [0.25, 0.3) is 21.8 Å². The number of hydrogen-bond acceptors (Lipinski definition) is 2. The van der Waals surface area contributed by atoms with Gasteiger partial charge in [0.1, 0.15) is 5.60 Å². The number of nitrogens with one attached hydrogen (secondary N) is 1. The van der Waals surface area contributed by atoms with E-state index in [1.165, 1.54) is 32.9 Å². The van der Waals surface area contributed by atoms with E-state index in [4.69, 9.17) is 4.74 Å². The van der Waals surface area contributed by atoms with Crippen LogP contribution in [0.5, 0.6) is 0 Å². The molecule has 3 rings (SSSR count). The molecule has 0 radical (unpaired) electrons. The number of carbonyl (C=O) groups excluding carboxylic acids is 1. The predicted molar refractivity (Wildman–Crippen MR) is 108 cm³/mol. The Bertz CT molecular complexity index is 948. The molecule has 4 heteroatoms. The number of benzene rings is 2. The minimum atomic E-state index is -0.467. The summed E-state index contributed by atoms with van der Waals surface area (Å²) in [6.07, 6.45) is 0.493. The first-order chi connectivity index (χ1) is 12.3. The van der Waals surface area contributed by atoms with E-state index in [9.17, 15) is 4.79 Å². The second-order valence-corrected chi connectivity index (χ2v) is 7.85. The van der Waals surface area contributed by atoms with Gasteiger partial charge in [-0.25, -0.2) is 4.79 Å².